The molecule has 0 heterocycles. The van der Waals surface area contributed by atoms with Crippen LogP contribution in [0.5, 0.6) is 0 Å². The fourth-order valence-electron chi connectivity index (χ4n) is 1.90. The second kappa shape index (κ2) is 7.77. The van der Waals surface area contributed by atoms with Gasteiger partial charge in [-0.3, -0.25) is 4.79 Å². The van der Waals surface area contributed by atoms with Gasteiger partial charge in [-0.25, -0.2) is 0 Å². The molecule has 8 heteroatoms. The van der Waals surface area contributed by atoms with Gasteiger partial charge in [0.25, 0.3) is 0 Å². The molecule has 2 N–H and O–H groups in total. The molecule has 0 bridgehead atoms. The molecule has 3 nitrogen and oxygen atoms in total. The zero-order chi connectivity index (χ0) is 17.7. The van der Waals surface area contributed by atoms with Crippen molar-refractivity contribution in [3.05, 3.63) is 63.6 Å². The van der Waals surface area contributed by atoms with Crippen LogP contribution in [0.2, 0.25) is 10.0 Å². The predicted molar refractivity (Wildman–Crippen MR) is 88.2 cm³/mol. The molecule has 128 valence electrons. The molecule has 0 unspecified atom stereocenters. The van der Waals surface area contributed by atoms with Crippen LogP contribution >= 0.6 is 23.2 Å². The first-order valence-electron chi connectivity index (χ1n) is 6.87. The van der Waals surface area contributed by atoms with Gasteiger partial charge >= 0.3 is 6.18 Å². The fourth-order valence-corrected chi connectivity index (χ4v) is 2.25. The molecule has 0 spiro atoms. The van der Waals surface area contributed by atoms with Gasteiger partial charge in [-0.2, -0.15) is 13.2 Å². The third kappa shape index (κ3) is 5.32. The minimum Gasteiger partial charge on any atom is -0.376 e. The molecule has 0 aliphatic rings. The number of benzene rings is 2. The second-order valence-corrected chi connectivity index (χ2v) is 5.79. The molecule has 2 aromatic carbocycles. The largest absolute Gasteiger partial charge is 0.417 e. The highest BCUT2D eigenvalue weighted by molar-refractivity contribution is 6.31. The molecule has 0 aromatic heterocycles. The summed E-state index contributed by atoms with van der Waals surface area (Å²) in [5.41, 5.74) is 0.0720. The van der Waals surface area contributed by atoms with Crippen LogP contribution in [0.3, 0.4) is 0 Å². The van der Waals surface area contributed by atoms with Crippen LogP contribution in [-0.2, 0) is 17.5 Å². The van der Waals surface area contributed by atoms with Gasteiger partial charge in [-0.05, 0) is 35.9 Å². The average Bonchev–Trinajstić information content (AvgIpc) is 2.52. The topological polar surface area (TPSA) is 41.1 Å². The zero-order valence-corrected chi connectivity index (χ0v) is 13.8. The van der Waals surface area contributed by atoms with Gasteiger partial charge in [-0.15, -0.1) is 0 Å². The molecule has 0 fully saturated rings. The van der Waals surface area contributed by atoms with Crippen LogP contribution in [-0.4, -0.2) is 12.5 Å². The first kappa shape index (κ1) is 18.4. The monoisotopic (exact) mass is 376 g/mol. The molecule has 0 atom stereocenters. The van der Waals surface area contributed by atoms with Gasteiger partial charge in [0.15, 0.2) is 0 Å². The highest BCUT2D eigenvalue weighted by Crippen LogP contribution is 2.36. The summed E-state index contributed by atoms with van der Waals surface area (Å²) < 4.78 is 38.3. The number of amides is 1. The maximum absolute atomic E-state index is 12.8. The number of nitrogens with one attached hydrogen (secondary N) is 2. The Bertz CT molecular complexity index is 718. The lowest BCUT2D eigenvalue weighted by Gasteiger charge is -2.12. The normalized spacial score (nSPS) is 11.2. The van der Waals surface area contributed by atoms with Crippen LogP contribution in [0, 0.1) is 0 Å². The molecule has 0 saturated carbocycles. The molecule has 24 heavy (non-hydrogen) atoms. The Balaban J connectivity index is 1.88. The molecule has 0 saturated heterocycles. The van der Waals surface area contributed by atoms with E-state index in [9.17, 15) is 18.0 Å². The summed E-state index contributed by atoms with van der Waals surface area (Å²) in [5.74, 6) is -0.353. The van der Waals surface area contributed by atoms with Gasteiger partial charge in [-0.1, -0.05) is 35.3 Å². The van der Waals surface area contributed by atoms with Gasteiger partial charge in [0, 0.05) is 17.3 Å². The predicted octanol–water partition coefficient (Wildman–Crippen LogP) is 4.74. The van der Waals surface area contributed by atoms with Crippen LogP contribution in [0.4, 0.5) is 18.9 Å². The Hall–Kier alpha value is -1.92. The Morgan fingerprint density at radius 1 is 1.04 bits per heavy atom. The molecular weight excluding hydrogens is 364 g/mol. The van der Waals surface area contributed by atoms with Crippen molar-refractivity contribution in [2.75, 3.05) is 11.9 Å². The van der Waals surface area contributed by atoms with Crippen LogP contribution in [0.15, 0.2) is 42.5 Å². The number of hydrogen-bond acceptors (Lipinski definition) is 2. The SMILES string of the molecule is O=C(CNc1ccc(Cl)c(C(F)(F)F)c1)NCc1ccc(Cl)cc1. The number of alkyl halides is 3. The lowest BCUT2D eigenvalue weighted by molar-refractivity contribution is -0.137. The van der Waals surface area contributed by atoms with Gasteiger partial charge < -0.3 is 10.6 Å². The fraction of sp³-hybridized carbons (Fsp3) is 0.188. The first-order valence-corrected chi connectivity index (χ1v) is 7.63. The van der Waals surface area contributed by atoms with E-state index < -0.39 is 11.7 Å². The van der Waals surface area contributed by atoms with E-state index in [-0.39, 0.29) is 23.2 Å². The van der Waals surface area contributed by atoms with Crippen molar-refractivity contribution in [1.29, 1.82) is 0 Å². The first-order chi connectivity index (χ1) is 11.3. The molecule has 0 radical (unpaired) electrons. The minimum atomic E-state index is -4.55. The summed E-state index contributed by atoms with van der Waals surface area (Å²) in [6.45, 7) is 0.138. The smallest absolute Gasteiger partial charge is 0.376 e. The Morgan fingerprint density at radius 3 is 2.33 bits per heavy atom. The van der Waals surface area contributed by atoms with Crippen molar-refractivity contribution in [3.8, 4) is 0 Å². The number of carbonyl (C=O) groups is 1. The molecule has 2 aromatic rings. The summed E-state index contributed by atoms with van der Waals surface area (Å²) in [4.78, 5) is 11.8. The minimum absolute atomic E-state index is 0.160. The molecule has 0 aliphatic carbocycles. The quantitative estimate of drug-likeness (QED) is 0.790. The van der Waals surface area contributed by atoms with E-state index in [4.69, 9.17) is 23.2 Å². The molecular formula is C16H13Cl2F3N2O. The highest BCUT2D eigenvalue weighted by atomic mass is 35.5. The number of rotatable bonds is 5. The molecule has 0 aliphatic heterocycles. The third-order valence-electron chi connectivity index (χ3n) is 3.13. The Morgan fingerprint density at radius 2 is 1.71 bits per heavy atom. The number of halogens is 5. The van der Waals surface area contributed by atoms with Crippen molar-refractivity contribution in [2.24, 2.45) is 0 Å². The van der Waals surface area contributed by atoms with E-state index in [1.807, 2.05) is 0 Å². The number of carbonyl (C=O) groups excluding carboxylic acids is 1. The van der Waals surface area contributed by atoms with Crippen molar-refractivity contribution in [1.82, 2.24) is 5.32 Å². The molecule has 1 amide bonds. The summed E-state index contributed by atoms with van der Waals surface area (Å²) in [5, 5.41) is 5.49. The van der Waals surface area contributed by atoms with Crippen LogP contribution in [0.1, 0.15) is 11.1 Å². The summed E-state index contributed by atoms with van der Waals surface area (Å²) in [7, 11) is 0. The lowest BCUT2D eigenvalue weighted by atomic mass is 10.2. The maximum Gasteiger partial charge on any atom is 0.417 e. The van der Waals surface area contributed by atoms with Crippen molar-refractivity contribution in [2.45, 2.75) is 12.7 Å². The van der Waals surface area contributed by atoms with E-state index in [2.05, 4.69) is 10.6 Å². The third-order valence-corrected chi connectivity index (χ3v) is 3.71. The van der Waals surface area contributed by atoms with Gasteiger partial charge in [0.2, 0.25) is 5.91 Å². The van der Waals surface area contributed by atoms with Crippen LogP contribution in [0.25, 0.3) is 0 Å². The second-order valence-electron chi connectivity index (χ2n) is 4.95. The number of anilines is 1. The molecule has 2 rings (SSSR count). The maximum atomic E-state index is 12.8. The van der Waals surface area contributed by atoms with Crippen molar-refractivity contribution >= 4 is 34.8 Å². The summed E-state index contributed by atoms with van der Waals surface area (Å²) in [6, 6.07) is 10.3. The van der Waals surface area contributed by atoms with Crippen LogP contribution < -0.4 is 10.6 Å². The van der Waals surface area contributed by atoms with E-state index >= 15 is 0 Å². The standard InChI is InChI=1S/C16H13Cl2F3N2O/c17-11-3-1-10(2-4-11)8-23-15(24)9-22-12-5-6-14(18)13(7-12)16(19,20)21/h1-7,22H,8-9H2,(H,23,24). The zero-order valence-electron chi connectivity index (χ0n) is 12.3. The Labute approximate surface area is 146 Å². The van der Waals surface area contributed by atoms with Gasteiger partial charge in [0.05, 0.1) is 17.1 Å². The van der Waals surface area contributed by atoms with E-state index in [1.165, 1.54) is 6.07 Å². The summed E-state index contributed by atoms with van der Waals surface area (Å²) in [6.07, 6.45) is -4.55. The van der Waals surface area contributed by atoms with E-state index in [0.29, 0.717) is 11.6 Å². The summed E-state index contributed by atoms with van der Waals surface area (Å²) >= 11 is 11.3. The van der Waals surface area contributed by atoms with Crippen molar-refractivity contribution < 1.29 is 18.0 Å². The van der Waals surface area contributed by atoms with Gasteiger partial charge in [0.1, 0.15) is 0 Å². The van der Waals surface area contributed by atoms with E-state index in [0.717, 1.165) is 17.7 Å². The average molecular weight is 377 g/mol. The number of hydrogen-bond donors (Lipinski definition) is 2. The van der Waals surface area contributed by atoms with E-state index in [1.54, 1.807) is 24.3 Å². The lowest BCUT2D eigenvalue weighted by Crippen LogP contribution is -2.29. The van der Waals surface area contributed by atoms with Crippen molar-refractivity contribution in [3.63, 3.8) is 0 Å². The Kier molecular flexibility index (Phi) is 5.96. The highest BCUT2D eigenvalue weighted by Gasteiger charge is 2.33.